The molecule has 0 aliphatic carbocycles. The number of carbonyl (C=O) groups excluding carboxylic acids is 2. The largest absolute Gasteiger partial charge is 0.466 e. The van der Waals surface area contributed by atoms with Crippen LogP contribution in [0.5, 0.6) is 0 Å². The van der Waals surface area contributed by atoms with Crippen molar-refractivity contribution in [2.24, 2.45) is 5.92 Å². The summed E-state index contributed by atoms with van der Waals surface area (Å²) in [7, 11) is 0. The molecule has 3 heterocycles. The van der Waals surface area contributed by atoms with Gasteiger partial charge in [0.1, 0.15) is 11.5 Å². The number of carbonyl (C=O) groups is 2. The Bertz CT molecular complexity index is 1130. The molecular weight excluding hydrogens is 485 g/mol. The Morgan fingerprint density at radius 2 is 1.88 bits per heavy atom. The van der Waals surface area contributed by atoms with E-state index in [-0.39, 0.29) is 17.6 Å². The monoisotopic (exact) mass is 505 g/mol. The lowest BCUT2D eigenvalue weighted by Crippen LogP contribution is -2.37. The Morgan fingerprint density at radius 1 is 1.15 bits per heavy atom. The average Bonchev–Trinajstić information content (AvgIpc) is 3.27. The summed E-state index contributed by atoms with van der Waals surface area (Å²) in [6.07, 6.45) is 4.41. The number of nitrogens with one attached hydrogen (secondary N) is 1. The number of ether oxygens (including phenoxy) is 1. The predicted molar refractivity (Wildman–Crippen MR) is 129 cm³/mol. The molecule has 0 unspecified atom stereocenters. The normalized spacial score (nSPS) is 14.2. The Balaban J connectivity index is 1.36. The molecule has 1 saturated heterocycles. The molecule has 0 atom stereocenters. The zero-order valence-electron chi connectivity index (χ0n) is 17.8. The van der Waals surface area contributed by atoms with Crippen molar-refractivity contribution in [3.05, 3.63) is 51.7 Å². The third-order valence-corrected chi connectivity index (χ3v) is 6.39. The summed E-state index contributed by atoms with van der Waals surface area (Å²) >= 11 is 13.4. The van der Waals surface area contributed by atoms with Crippen LogP contribution in [0.15, 0.2) is 36.0 Å². The maximum Gasteiger partial charge on any atom is 0.309 e. The van der Waals surface area contributed by atoms with Crippen molar-refractivity contribution < 1.29 is 14.3 Å². The van der Waals surface area contributed by atoms with E-state index in [2.05, 4.69) is 20.3 Å². The summed E-state index contributed by atoms with van der Waals surface area (Å²) in [5, 5.41) is 6.00. The number of halogens is 2. The van der Waals surface area contributed by atoms with Gasteiger partial charge in [0, 0.05) is 34.1 Å². The third kappa shape index (κ3) is 5.79. The van der Waals surface area contributed by atoms with Gasteiger partial charge < -0.3 is 9.64 Å². The first-order chi connectivity index (χ1) is 15.9. The minimum absolute atomic E-state index is 0.0784. The van der Waals surface area contributed by atoms with Gasteiger partial charge in [-0.15, -0.1) is 11.3 Å². The highest BCUT2D eigenvalue weighted by atomic mass is 35.5. The fourth-order valence-corrected chi connectivity index (χ4v) is 4.77. The molecule has 1 aromatic carbocycles. The highest BCUT2D eigenvalue weighted by molar-refractivity contribution is 7.14. The van der Waals surface area contributed by atoms with Gasteiger partial charge in [0.05, 0.1) is 30.6 Å². The smallest absolute Gasteiger partial charge is 0.309 e. The van der Waals surface area contributed by atoms with Crippen LogP contribution in [-0.2, 0) is 9.53 Å². The zero-order valence-corrected chi connectivity index (χ0v) is 20.1. The van der Waals surface area contributed by atoms with E-state index in [4.69, 9.17) is 27.9 Å². The molecule has 0 radical (unpaired) electrons. The third-order valence-electron chi connectivity index (χ3n) is 5.19. The van der Waals surface area contributed by atoms with E-state index >= 15 is 0 Å². The minimum Gasteiger partial charge on any atom is -0.466 e. The van der Waals surface area contributed by atoms with Gasteiger partial charge in [-0.25, -0.2) is 15.0 Å². The van der Waals surface area contributed by atoms with E-state index < -0.39 is 5.91 Å². The van der Waals surface area contributed by atoms with Gasteiger partial charge >= 0.3 is 5.97 Å². The molecule has 33 heavy (non-hydrogen) atoms. The van der Waals surface area contributed by atoms with E-state index in [0.717, 1.165) is 5.56 Å². The van der Waals surface area contributed by atoms with Gasteiger partial charge in [0.15, 0.2) is 5.13 Å². The molecule has 1 fully saturated rings. The van der Waals surface area contributed by atoms with Crippen LogP contribution >= 0.6 is 34.5 Å². The average molecular weight is 506 g/mol. The lowest BCUT2D eigenvalue weighted by atomic mass is 9.97. The number of amides is 1. The fraction of sp³-hybridized carbons (Fsp3) is 0.318. The molecule has 8 nitrogen and oxygen atoms in total. The molecule has 2 aromatic heterocycles. The van der Waals surface area contributed by atoms with Crippen molar-refractivity contribution >= 4 is 57.4 Å². The van der Waals surface area contributed by atoms with E-state index in [1.165, 1.54) is 17.5 Å². The molecule has 0 saturated carbocycles. The van der Waals surface area contributed by atoms with Crippen LogP contribution in [0.3, 0.4) is 0 Å². The first-order valence-corrected chi connectivity index (χ1v) is 12.0. The molecule has 0 spiro atoms. The maximum absolute atomic E-state index is 12.6. The van der Waals surface area contributed by atoms with E-state index in [0.29, 0.717) is 59.2 Å². The fourth-order valence-electron chi connectivity index (χ4n) is 3.53. The first-order valence-electron chi connectivity index (χ1n) is 10.4. The predicted octanol–water partition coefficient (Wildman–Crippen LogP) is 4.94. The van der Waals surface area contributed by atoms with Crippen LogP contribution in [0.4, 0.5) is 10.9 Å². The van der Waals surface area contributed by atoms with Crippen molar-refractivity contribution in [2.45, 2.75) is 19.8 Å². The number of esters is 1. The first kappa shape index (κ1) is 23.4. The molecule has 1 N–H and O–H groups in total. The standard InChI is InChI=1S/C22H21Cl2N5O3S/c1-2-32-21(31)13-3-5-29(6-4-13)19-11-25-17(10-26-19)20(30)28-22-27-18(12-33-22)14-7-15(23)9-16(24)8-14/h7-13H,2-6H2,1H3,(H,27,28,30). The second-order valence-electron chi connectivity index (χ2n) is 7.42. The van der Waals surface area contributed by atoms with Crippen LogP contribution in [0.1, 0.15) is 30.3 Å². The molecule has 11 heteroatoms. The number of hydrogen-bond donors (Lipinski definition) is 1. The highest BCUT2D eigenvalue weighted by Gasteiger charge is 2.26. The summed E-state index contributed by atoms with van der Waals surface area (Å²) in [5.41, 5.74) is 1.61. The van der Waals surface area contributed by atoms with Crippen molar-refractivity contribution in [2.75, 3.05) is 29.9 Å². The zero-order chi connectivity index (χ0) is 23.4. The summed E-state index contributed by atoms with van der Waals surface area (Å²) in [4.78, 5) is 39.6. The molecule has 1 aliphatic heterocycles. The van der Waals surface area contributed by atoms with Crippen LogP contribution < -0.4 is 10.2 Å². The topological polar surface area (TPSA) is 97.3 Å². The Hall–Kier alpha value is -2.75. The second-order valence-corrected chi connectivity index (χ2v) is 9.15. The summed E-state index contributed by atoms with van der Waals surface area (Å²) in [6.45, 7) is 3.56. The number of nitrogens with zero attached hydrogens (tertiary/aromatic N) is 4. The quantitative estimate of drug-likeness (QED) is 0.473. The molecule has 172 valence electrons. The number of piperidine rings is 1. The van der Waals surface area contributed by atoms with Crippen molar-refractivity contribution in [1.29, 1.82) is 0 Å². The van der Waals surface area contributed by atoms with Gasteiger partial charge in [-0.3, -0.25) is 14.9 Å². The number of aromatic nitrogens is 3. The highest BCUT2D eigenvalue weighted by Crippen LogP contribution is 2.30. The van der Waals surface area contributed by atoms with E-state index in [1.54, 1.807) is 24.4 Å². The molecule has 0 bridgehead atoms. The number of rotatable bonds is 6. The lowest BCUT2D eigenvalue weighted by molar-refractivity contribution is -0.148. The van der Waals surface area contributed by atoms with E-state index in [9.17, 15) is 9.59 Å². The van der Waals surface area contributed by atoms with Crippen molar-refractivity contribution in [3.63, 3.8) is 0 Å². The van der Waals surface area contributed by atoms with Gasteiger partial charge in [-0.1, -0.05) is 23.2 Å². The minimum atomic E-state index is -0.403. The molecular formula is C22H21Cl2N5O3S. The Morgan fingerprint density at radius 3 is 2.52 bits per heavy atom. The Labute approximate surface area is 204 Å². The summed E-state index contributed by atoms with van der Waals surface area (Å²) in [5.74, 6) is 0.0488. The molecule has 3 aromatic rings. The van der Waals surface area contributed by atoms with E-state index in [1.807, 2.05) is 17.2 Å². The van der Waals surface area contributed by atoms with Crippen LogP contribution in [0.2, 0.25) is 10.0 Å². The van der Waals surface area contributed by atoms with Crippen LogP contribution in [0, 0.1) is 5.92 Å². The number of benzene rings is 1. The number of anilines is 2. The van der Waals surface area contributed by atoms with Crippen molar-refractivity contribution in [1.82, 2.24) is 15.0 Å². The SMILES string of the molecule is CCOC(=O)C1CCN(c2cnc(C(=O)Nc3nc(-c4cc(Cl)cc(Cl)c4)cs3)cn2)CC1. The van der Waals surface area contributed by atoms with Gasteiger partial charge in [0.2, 0.25) is 0 Å². The lowest BCUT2D eigenvalue weighted by Gasteiger charge is -2.31. The maximum atomic E-state index is 12.6. The summed E-state index contributed by atoms with van der Waals surface area (Å²) < 4.78 is 5.10. The summed E-state index contributed by atoms with van der Waals surface area (Å²) in [6, 6.07) is 5.16. The van der Waals surface area contributed by atoms with Gasteiger partial charge in [-0.05, 0) is 38.0 Å². The molecule has 1 amide bonds. The van der Waals surface area contributed by atoms with Crippen LogP contribution in [-0.4, -0.2) is 46.5 Å². The van der Waals surface area contributed by atoms with Gasteiger partial charge in [0.25, 0.3) is 5.91 Å². The van der Waals surface area contributed by atoms with Gasteiger partial charge in [-0.2, -0.15) is 0 Å². The number of hydrogen-bond acceptors (Lipinski definition) is 8. The molecule has 1 aliphatic rings. The second kappa shape index (κ2) is 10.5. The van der Waals surface area contributed by atoms with Crippen LogP contribution in [0.25, 0.3) is 11.3 Å². The molecule has 4 rings (SSSR count). The Kier molecular flexibility index (Phi) is 7.42. The number of thiazole rings is 1. The van der Waals surface area contributed by atoms with Crippen molar-refractivity contribution in [3.8, 4) is 11.3 Å².